The van der Waals surface area contributed by atoms with E-state index in [-0.39, 0.29) is 0 Å². The van der Waals surface area contributed by atoms with Crippen LogP contribution in [0.15, 0.2) is 24.4 Å². The molecule has 0 fully saturated rings. The van der Waals surface area contributed by atoms with Crippen molar-refractivity contribution in [2.75, 3.05) is 0 Å². The Hall–Kier alpha value is -1.06. The van der Waals surface area contributed by atoms with Crippen LogP contribution in [0.25, 0.3) is 0 Å². The first kappa shape index (κ1) is 12.4. The van der Waals surface area contributed by atoms with Crippen LogP contribution in [0.3, 0.4) is 0 Å². The van der Waals surface area contributed by atoms with Gasteiger partial charge < -0.3 is 0 Å². The lowest BCUT2D eigenvalue weighted by Gasteiger charge is -2.15. The molecule has 0 amide bonds. The molecule has 0 saturated carbocycles. The summed E-state index contributed by atoms with van der Waals surface area (Å²) in [6, 6.07) is 5.57. The normalized spacial score (nSPS) is 12.6. The second-order valence-corrected chi connectivity index (χ2v) is 4.78. The van der Waals surface area contributed by atoms with Crippen LogP contribution in [0.1, 0.15) is 30.5 Å². The summed E-state index contributed by atoms with van der Waals surface area (Å²) in [7, 11) is 0. The van der Waals surface area contributed by atoms with Gasteiger partial charge in [-0.05, 0) is 36.1 Å². The van der Waals surface area contributed by atoms with E-state index in [4.69, 9.17) is 23.2 Å². The van der Waals surface area contributed by atoms with Gasteiger partial charge in [0.25, 0.3) is 0 Å². The summed E-state index contributed by atoms with van der Waals surface area (Å²) >= 11 is 12.2. The van der Waals surface area contributed by atoms with Gasteiger partial charge in [-0.1, -0.05) is 30.1 Å². The van der Waals surface area contributed by atoms with Gasteiger partial charge in [0, 0.05) is 16.5 Å². The van der Waals surface area contributed by atoms with E-state index in [2.05, 4.69) is 22.3 Å². The van der Waals surface area contributed by atoms with Crippen molar-refractivity contribution in [1.82, 2.24) is 15.4 Å². The predicted octanol–water partition coefficient (Wildman–Crippen LogP) is 3.85. The fourth-order valence-corrected chi connectivity index (χ4v) is 2.33. The molecule has 2 aromatic rings. The van der Waals surface area contributed by atoms with Crippen LogP contribution in [0.2, 0.25) is 10.0 Å². The lowest BCUT2D eigenvalue weighted by atomic mass is 9.92. The highest BCUT2D eigenvalue weighted by atomic mass is 35.5. The zero-order valence-electron chi connectivity index (χ0n) is 9.45. The van der Waals surface area contributed by atoms with Crippen molar-refractivity contribution in [3.63, 3.8) is 0 Å². The van der Waals surface area contributed by atoms with E-state index in [0.29, 0.717) is 10.9 Å². The Balaban J connectivity index is 2.25. The topological polar surface area (TPSA) is 41.6 Å². The second kappa shape index (κ2) is 5.52. The first-order chi connectivity index (χ1) is 8.20. The largest absolute Gasteiger partial charge is 0.198 e. The van der Waals surface area contributed by atoms with E-state index in [1.807, 2.05) is 12.1 Å². The molecule has 1 aromatic carbocycles. The minimum atomic E-state index is 0.311. The number of nitrogens with zero attached hydrogens (tertiary/aromatic N) is 2. The number of benzene rings is 1. The van der Waals surface area contributed by atoms with Gasteiger partial charge >= 0.3 is 0 Å². The Morgan fingerprint density at radius 3 is 2.82 bits per heavy atom. The van der Waals surface area contributed by atoms with Gasteiger partial charge in [0.2, 0.25) is 0 Å². The van der Waals surface area contributed by atoms with Gasteiger partial charge in [0.1, 0.15) is 0 Å². The fraction of sp³-hybridized carbons (Fsp3) is 0.333. The van der Waals surface area contributed by atoms with Crippen LogP contribution < -0.4 is 0 Å². The summed E-state index contributed by atoms with van der Waals surface area (Å²) in [5.74, 6) is 0.311. The van der Waals surface area contributed by atoms with E-state index >= 15 is 0 Å². The number of halogens is 2. The minimum absolute atomic E-state index is 0.311. The van der Waals surface area contributed by atoms with Crippen LogP contribution in [-0.4, -0.2) is 15.4 Å². The Labute approximate surface area is 110 Å². The van der Waals surface area contributed by atoms with Crippen LogP contribution in [0.5, 0.6) is 0 Å². The molecule has 0 aliphatic heterocycles. The molecule has 1 atom stereocenters. The number of H-pyrrole nitrogens is 1. The Morgan fingerprint density at radius 2 is 2.18 bits per heavy atom. The number of hydrogen-bond acceptors (Lipinski definition) is 2. The molecule has 17 heavy (non-hydrogen) atoms. The standard InChI is InChI=1S/C12H13Cl2N3/c1-2-8(5-10-7-15-17-16-10)11-6-9(13)3-4-12(11)14/h3-4,6-8H,2,5H2,1H3,(H,15,16,17). The molecule has 0 aliphatic rings. The summed E-state index contributed by atoms with van der Waals surface area (Å²) < 4.78 is 0. The minimum Gasteiger partial charge on any atom is -0.198 e. The molecular formula is C12H13Cl2N3. The number of rotatable bonds is 4. The number of aromatic amines is 1. The third-order valence-corrected chi connectivity index (χ3v) is 3.39. The third-order valence-electron chi connectivity index (χ3n) is 2.81. The first-order valence-corrected chi connectivity index (χ1v) is 6.26. The van der Waals surface area contributed by atoms with Crippen molar-refractivity contribution in [3.05, 3.63) is 45.7 Å². The Morgan fingerprint density at radius 1 is 1.35 bits per heavy atom. The van der Waals surface area contributed by atoms with Crippen LogP contribution >= 0.6 is 23.2 Å². The monoisotopic (exact) mass is 269 g/mol. The molecule has 1 N–H and O–H groups in total. The highest BCUT2D eigenvalue weighted by molar-refractivity contribution is 6.33. The Kier molecular flexibility index (Phi) is 4.02. The summed E-state index contributed by atoms with van der Waals surface area (Å²) in [5, 5.41) is 12.0. The summed E-state index contributed by atoms with van der Waals surface area (Å²) in [5.41, 5.74) is 2.01. The van der Waals surface area contributed by atoms with Gasteiger partial charge in [-0.2, -0.15) is 15.4 Å². The lowest BCUT2D eigenvalue weighted by molar-refractivity contribution is 0.648. The average Bonchev–Trinajstić information content (AvgIpc) is 2.82. The molecule has 5 heteroatoms. The third kappa shape index (κ3) is 2.99. The molecule has 0 aliphatic carbocycles. The smallest absolute Gasteiger partial charge is 0.0830 e. The fourth-order valence-electron chi connectivity index (χ4n) is 1.88. The van der Waals surface area contributed by atoms with Crippen molar-refractivity contribution in [2.45, 2.75) is 25.7 Å². The summed E-state index contributed by atoms with van der Waals surface area (Å²) in [6.07, 6.45) is 3.53. The van der Waals surface area contributed by atoms with Crippen molar-refractivity contribution in [2.24, 2.45) is 0 Å². The van der Waals surface area contributed by atoms with E-state index < -0.39 is 0 Å². The molecule has 3 nitrogen and oxygen atoms in total. The van der Waals surface area contributed by atoms with E-state index in [1.54, 1.807) is 12.3 Å². The SMILES string of the molecule is CCC(Cc1cn[nH]n1)c1cc(Cl)ccc1Cl. The quantitative estimate of drug-likeness (QED) is 0.916. The van der Waals surface area contributed by atoms with Gasteiger partial charge in [-0.25, -0.2) is 0 Å². The van der Waals surface area contributed by atoms with E-state index in [1.165, 1.54) is 0 Å². The zero-order valence-corrected chi connectivity index (χ0v) is 11.0. The summed E-state index contributed by atoms with van der Waals surface area (Å²) in [6.45, 7) is 2.13. The summed E-state index contributed by atoms with van der Waals surface area (Å²) in [4.78, 5) is 0. The van der Waals surface area contributed by atoms with Gasteiger partial charge in [0.15, 0.2) is 0 Å². The van der Waals surface area contributed by atoms with Gasteiger partial charge in [-0.3, -0.25) is 0 Å². The molecule has 1 heterocycles. The number of hydrogen-bond donors (Lipinski definition) is 1. The molecule has 1 unspecified atom stereocenters. The van der Waals surface area contributed by atoms with Crippen molar-refractivity contribution < 1.29 is 0 Å². The average molecular weight is 270 g/mol. The maximum Gasteiger partial charge on any atom is 0.0830 e. The molecule has 0 bridgehead atoms. The van der Waals surface area contributed by atoms with E-state index in [0.717, 1.165) is 29.1 Å². The molecule has 0 spiro atoms. The van der Waals surface area contributed by atoms with Gasteiger partial charge in [-0.15, -0.1) is 0 Å². The van der Waals surface area contributed by atoms with E-state index in [9.17, 15) is 0 Å². The van der Waals surface area contributed by atoms with Crippen molar-refractivity contribution >= 4 is 23.2 Å². The lowest BCUT2D eigenvalue weighted by Crippen LogP contribution is -2.03. The molecular weight excluding hydrogens is 257 g/mol. The van der Waals surface area contributed by atoms with Crippen LogP contribution in [-0.2, 0) is 6.42 Å². The number of nitrogens with one attached hydrogen (secondary N) is 1. The number of aromatic nitrogens is 3. The van der Waals surface area contributed by atoms with Crippen LogP contribution in [0.4, 0.5) is 0 Å². The molecule has 0 radical (unpaired) electrons. The molecule has 1 aromatic heterocycles. The highest BCUT2D eigenvalue weighted by Gasteiger charge is 2.15. The molecule has 0 saturated heterocycles. The highest BCUT2D eigenvalue weighted by Crippen LogP contribution is 2.31. The zero-order chi connectivity index (χ0) is 12.3. The maximum atomic E-state index is 6.21. The first-order valence-electron chi connectivity index (χ1n) is 5.50. The second-order valence-electron chi connectivity index (χ2n) is 3.94. The Bertz CT molecular complexity index is 483. The van der Waals surface area contributed by atoms with Crippen molar-refractivity contribution in [1.29, 1.82) is 0 Å². The van der Waals surface area contributed by atoms with Crippen LogP contribution in [0, 0.1) is 0 Å². The maximum absolute atomic E-state index is 6.21. The molecule has 2 rings (SSSR count). The van der Waals surface area contributed by atoms with Gasteiger partial charge in [0.05, 0.1) is 11.9 Å². The predicted molar refractivity (Wildman–Crippen MR) is 69.6 cm³/mol. The molecule has 90 valence electrons. The van der Waals surface area contributed by atoms with Crippen molar-refractivity contribution in [3.8, 4) is 0 Å².